The summed E-state index contributed by atoms with van der Waals surface area (Å²) in [6.07, 6.45) is 4.12. The number of aromatic nitrogens is 3. The predicted molar refractivity (Wildman–Crippen MR) is 95.8 cm³/mol. The highest BCUT2D eigenvalue weighted by atomic mass is 16.2. The Morgan fingerprint density at radius 2 is 1.44 bits per heavy atom. The van der Waals surface area contributed by atoms with Crippen molar-refractivity contribution in [3.05, 3.63) is 42.2 Å². The second-order valence-corrected chi connectivity index (χ2v) is 6.44. The Bertz CT molecular complexity index is 706. The van der Waals surface area contributed by atoms with Crippen LogP contribution in [0.2, 0.25) is 0 Å². The Hall–Kier alpha value is -2.70. The molecule has 0 N–H and O–H groups in total. The van der Waals surface area contributed by atoms with Crippen LogP contribution < -0.4 is 9.80 Å². The quantitative estimate of drug-likeness (QED) is 0.844. The number of amides is 1. The fourth-order valence-electron chi connectivity index (χ4n) is 3.39. The van der Waals surface area contributed by atoms with Crippen LogP contribution in [0.25, 0.3) is 0 Å². The maximum atomic E-state index is 12.4. The van der Waals surface area contributed by atoms with Crippen molar-refractivity contribution in [3.8, 4) is 0 Å². The monoisotopic (exact) mass is 338 g/mol. The molecule has 0 spiro atoms. The van der Waals surface area contributed by atoms with Crippen LogP contribution in [0.4, 0.5) is 11.6 Å². The molecule has 0 saturated carbocycles. The van der Waals surface area contributed by atoms with Gasteiger partial charge in [-0.2, -0.15) is 0 Å². The van der Waals surface area contributed by atoms with Gasteiger partial charge in [-0.05, 0) is 37.1 Å². The summed E-state index contributed by atoms with van der Waals surface area (Å²) >= 11 is 0. The smallest absolute Gasteiger partial charge is 0.272 e. The molecule has 2 fully saturated rings. The number of carbonyl (C=O) groups is 1. The van der Waals surface area contributed by atoms with E-state index in [1.54, 1.807) is 12.3 Å². The van der Waals surface area contributed by atoms with E-state index in [9.17, 15) is 4.79 Å². The Morgan fingerprint density at radius 3 is 2.00 bits per heavy atom. The van der Waals surface area contributed by atoms with Gasteiger partial charge < -0.3 is 14.7 Å². The van der Waals surface area contributed by atoms with Crippen molar-refractivity contribution < 1.29 is 4.79 Å². The first-order chi connectivity index (χ1) is 12.3. The van der Waals surface area contributed by atoms with Gasteiger partial charge in [0.05, 0.1) is 0 Å². The number of rotatable bonds is 3. The molecule has 7 heteroatoms. The molecule has 0 bridgehead atoms. The van der Waals surface area contributed by atoms with Gasteiger partial charge in [0.15, 0.2) is 11.6 Å². The number of hydrogen-bond acceptors (Lipinski definition) is 6. The molecule has 0 aromatic carbocycles. The third-order valence-corrected chi connectivity index (χ3v) is 4.84. The molecule has 7 nitrogen and oxygen atoms in total. The molecule has 2 aliphatic heterocycles. The normalized spacial score (nSPS) is 17.8. The molecule has 0 unspecified atom stereocenters. The van der Waals surface area contributed by atoms with Gasteiger partial charge in [0, 0.05) is 45.5 Å². The summed E-state index contributed by atoms with van der Waals surface area (Å²) in [6.45, 7) is 5.01. The molecule has 2 aliphatic rings. The van der Waals surface area contributed by atoms with E-state index >= 15 is 0 Å². The van der Waals surface area contributed by atoms with Crippen molar-refractivity contribution in [2.45, 2.75) is 12.8 Å². The van der Waals surface area contributed by atoms with Crippen LogP contribution in [0.3, 0.4) is 0 Å². The van der Waals surface area contributed by atoms with E-state index in [0.717, 1.165) is 37.8 Å². The Balaban J connectivity index is 1.36. The first kappa shape index (κ1) is 15.8. The SMILES string of the molecule is O=C(c1ccccn1)N1CCN(c2ccc(N3CCCC3)nn2)CC1. The summed E-state index contributed by atoms with van der Waals surface area (Å²) in [4.78, 5) is 22.9. The molecule has 0 atom stereocenters. The van der Waals surface area contributed by atoms with E-state index in [1.807, 2.05) is 23.1 Å². The van der Waals surface area contributed by atoms with Gasteiger partial charge in [0.1, 0.15) is 5.69 Å². The average Bonchev–Trinajstić information content (AvgIpc) is 3.23. The lowest BCUT2D eigenvalue weighted by Gasteiger charge is -2.35. The number of anilines is 2. The molecule has 130 valence electrons. The highest BCUT2D eigenvalue weighted by Gasteiger charge is 2.24. The molecular weight excluding hydrogens is 316 g/mol. The molecule has 4 heterocycles. The van der Waals surface area contributed by atoms with E-state index < -0.39 is 0 Å². The number of nitrogens with zero attached hydrogens (tertiary/aromatic N) is 6. The van der Waals surface area contributed by atoms with E-state index in [2.05, 4.69) is 31.0 Å². The van der Waals surface area contributed by atoms with E-state index in [-0.39, 0.29) is 5.91 Å². The first-order valence-electron chi connectivity index (χ1n) is 8.85. The fourth-order valence-corrected chi connectivity index (χ4v) is 3.39. The van der Waals surface area contributed by atoms with Crippen LogP contribution in [0.5, 0.6) is 0 Å². The summed E-state index contributed by atoms with van der Waals surface area (Å²) < 4.78 is 0. The fraction of sp³-hybridized carbons (Fsp3) is 0.444. The van der Waals surface area contributed by atoms with Gasteiger partial charge in [0.2, 0.25) is 0 Å². The number of pyridine rings is 1. The summed E-state index contributed by atoms with van der Waals surface area (Å²) in [5.74, 6) is 1.84. The molecule has 0 aliphatic carbocycles. The van der Waals surface area contributed by atoms with Crippen LogP contribution in [0.1, 0.15) is 23.3 Å². The van der Waals surface area contributed by atoms with Gasteiger partial charge in [0.25, 0.3) is 5.91 Å². The van der Waals surface area contributed by atoms with Gasteiger partial charge in [-0.25, -0.2) is 0 Å². The lowest BCUT2D eigenvalue weighted by Crippen LogP contribution is -2.49. The zero-order valence-electron chi connectivity index (χ0n) is 14.2. The third-order valence-electron chi connectivity index (χ3n) is 4.84. The Labute approximate surface area is 147 Å². The van der Waals surface area contributed by atoms with Gasteiger partial charge in [-0.1, -0.05) is 6.07 Å². The zero-order valence-corrected chi connectivity index (χ0v) is 14.2. The lowest BCUT2D eigenvalue weighted by atomic mass is 10.2. The minimum absolute atomic E-state index is 0.00397. The van der Waals surface area contributed by atoms with Crippen molar-refractivity contribution >= 4 is 17.5 Å². The maximum absolute atomic E-state index is 12.4. The van der Waals surface area contributed by atoms with Gasteiger partial charge in [-0.15, -0.1) is 10.2 Å². The van der Waals surface area contributed by atoms with Gasteiger partial charge >= 0.3 is 0 Å². The number of carbonyl (C=O) groups excluding carboxylic acids is 1. The van der Waals surface area contributed by atoms with Crippen LogP contribution in [-0.2, 0) is 0 Å². The van der Waals surface area contributed by atoms with Crippen molar-refractivity contribution in [1.29, 1.82) is 0 Å². The van der Waals surface area contributed by atoms with E-state index in [4.69, 9.17) is 0 Å². The zero-order chi connectivity index (χ0) is 17.1. The molecule has 4 rings (SSSR count). The topological polar surface area (TPSA) is 65.5 Å². The van der Waals surface area contributed by atoms with Crippen LogP contribution in [0, 0.1) is 0 Å². The van der Waals surface area contributed by atoms with Crippen LogP contribution in [0.15, 0.2) is 36.5 Å². The third kappa shape index (κ3) is 3.40. The second-order valence-electron chi connectivity index (χ2n) is 6.44. The molecule has 2 saturated heterocycles. The van der Waals surface area contributed by atoms with Crippen LogP contribution in [-0.4, -0.2) is 65.3 Å². The van der Waals surface area contributed by atoms with Crippen molar-refractivity contribution in [3.63, 3.8) is 0 Å². The Kier molecular flexibility index (Phi) is 4.45. The van der Waals surface area contributed by atoms with Gasteiger partial charge in [-0.3, -0.25) is 9.78 Å². The summed E-state index contributed by atoms with van der Waals surface area (Å²) in [5, 5.41) is 8.77. The average molecular weight is 338 g/mol. The molecule has 1 amide bonds. The molecule has 25 heavy (non-hydrogen) atoms. The minimum Gasteiger partial charge on any atom is -0.355 e. The summed E-state index contributed by atoms with van der Waals surface area (Å²) in [5.41, 5.74) is 0.505. The van der Waals surface area contributed by atoms with Crippen molar-refractivity contribution in [2.75, 3.05) is 49.1 Å². The van der Waals surface area contributed by atoms with E-state index in [0.29, 0.717) is 18.8 Å². The lowest BCUT2D eigenvalue weighted by molar-refractivity contribution is 0.0740. The first-order valence-corrected chi connectivity index (χ1v) is 8.85. The highest BCUT2D eigenvalue weighted by Crippen LogP contribution is 2.20. The van der Waals surface area contributed by atoms with E-state index in [1.165, 1.54) is 12.8 Å². The molecule has 2 aromatic rings. The van der Waals surface area contributed by atoms with Crippen LogP contribution >= 0.6 is 0 Å². The molecule has 0 radical (unpaired) electrons. The maximum Gasteiger partial charge on any atom is 0.272 e. The molecular formula is C18H22N6O. The summed E-state index contributed by atoms with van der Waals surface area (Å²) in [7, 11) is 0. The largest absolute Gasteiger partial charge is 0.355 e. The summed E-state index contributed by atoms with van der Waals surface area (Å²) in [6, 6.07) is 9.51. The standard InChI is InChI=1S/C18H22N6O/c25-18(15-5-1-2-8-19-15)24-13-11-23(12-14-24)17-7-6-16(20-21-17)22-9-3-4-10-22/h1-2,5-8H,3-4,9-14H2. The second kappa shape index (κ2) is 7.04. The van der Waals surface area contributed by atoms with Crippen molar-refractivity contribution in [1.82, 2.24) is 20.1 Å². The number of piperazine rings is 1. The highest BCUT2D eigenvalue weighted by molar-refractivity contribution is 5.92. The molecule has 2 aromatic heterocycles. The number of hydrogen-bond donors (Lipinski definition) is 0. The Morgan fingerprint density at radius 1 is 0.800 bits per heavy atom. The predicted octanol–water partition coefficient (Wildman–Crippen LogP) is 1.43. The minimum atomic E-state index is -0.00397. The van der Waals surface area contributed by atoms with Crippen molar-refractivity contribution in [2.24, 2.45) is 0 Å².